The molecule has 1 saturated heterocycles. The molecule has 3 nitrogen and oxygen atoms in total. The fraction of sp³-hybridized carbons (Fsp3) is 0.533. The van der Waals surface area contributed by atoms with Gasteiger partial charge in [0.25, 0.3) is 0 Å². The van der Waals surface area contributed by atoms with Crippen molar-refractivity contribution in [2.45, 2.75) is 26.3 Å². The van der Waals surface area contributed by atoms with E-state index in [0.29, 0.717) is 5.92 Å². The van der Waals surface area contributed by atoms with Crippen LogP contribution in [0.5, 0.6) is 0 Å². The van der Waals surface area contributed by atoms with Crippen LogP contribution >= 0.6 is 28.3 Å². The third-order valence-corrected chi connectivity index (χ3v) is 4.25. The molecule has 1 fully saturated rings. The van der Waals surface area contributed by atoms with Gasteiger partial charge < -0.3 is 10.6 Å². The Morgan fingerprint density at radius 2 is 2.15 bits per heavy atom. The summed E-state index contributed by atoms with van der Waals surface area (Å²) in [4.78, 5) is 12.1. The molecule has 1 aliphatic rings. The molecule has 0 saturated carbocycles. The van der Waals surface area contributed by atoms with E-state index < -0.39 is 0 Å². The van der Waals surface area contributed by atoms with E-state index in [9.17, 15) is 4.79 Å². The summed E-state index contributed by atoms with van der Waals surface area (Å²) in [5, 5.41) is 6.33. The first-order valence-corrected chi connectivity index (χ1v) is 7.61. The lowest BCUT2D eigenvalue weighted by Crippen LogP contribution is -2.50. The molecule has 1 aromatic carbocycles. The summed E-state index contributed by atoms with van der Waals surface area (Å²) in [5.74, 6) is 0.776. The average Bonchev–Trinajstić information content (AvgIpc) is 2.26. The molecule has 0 aromatic heterocycles. The number of halogens is 2. The van der Waals surface area contributed by atoms with Gasteiger partial charge in [0, 0.05) is 16.4 Å². The summed E-state index contributed by atoms with van der Waals surface area (Å²) < 4.78 is 1.08. The van der Waals surface area contributed by atoms with Crippen LogP contribution in [0.2, 0.25) is 0 Å². The molecular weight excluding hydrogens is 340 g/mol. The van der Waals surface area contributed by atoms with Crippen molar-refractivity contribution < 1.29 is 4.79 Å². The van der Waals surface area contributed by atoms with Crippen LogP contribution in [0.25, 0.3) is 0 Å². The molecule has 1 amide bonds. The maximum atomic E-state index is 12.1. The summed E-state index contributed by atoms with van der Waals surface area (Å²) in [6.45, 7) is 6.01. The lowest BCUT2D eigenvalue weighted by Gasteiger charge is -2.32. The van der Waals surface area contributed by atoms with Gasteiger partial charge in [0.2, 0.25) is 5.91 Å². The van der Waals surface area contributed by atoms with E-state index >= 15 is 0 Å². The zero-order valence-electron chi connectivity index (χ0n) is 11.9. The Hall–Kier alpha value is -0.580. The van der Waals surface area contributed by atoms with Gasteiger partial charge >= 0.3 is 0 Å². The van der Waals surface area contributed by atoms with Gasteiger partial charge in [-0.1, -0.05) is 35.0 Å². The summed E-state index contributed by atoms with van der Waals surface area (Å²) in [6.07, 6.45) is 0.862. The second-order valence-electron chi connectivity index (χ2n) is 5.45. The fourth-order valence-corrected chi connectivity index (χ4v) is 2.77. The number of nitrogens with one attached hydrogen (secondary N) is 2. The summed E-state index contributed by atoms with van der Waals surface area (Å²) in [7, 11) is 0. The quantitative estimate of drug-likeness (QED) is 0.847. The van der Waals surface area contributed by atoms with Crippen molar-refractivity contribution in [3.63, 3.8) is 0 Å². The monoisotopic (exact) mass is 360 g/mol. The number of rotatable bonds is 5. The van der Waals surface area contributed by atoms with E-state index in [0.717, 1.165) is 24.0 Å². The Kier molecular flexibility index (Phi) is 7.00. The Morgan fingerprint density at radius 3 is 2.70 bits per heavy atom. The highest BCUT2D eigenvalue weighted by Crippen LogP contribution is 2.17. The van der Waals surface area contributed by atoms with Crippen molar-refractivity contribution in [1.82, 2.24) is 10.6 Å². The predicted octanol–water partition coefficient (Wildman–Crippen LogP) is 2.77. The van der Waals surface area contributed by atoms with Crippen LogP contribution in [0, 0.1) is 11.8 Å². The SMILES string of the molecule is CC(Cc1cccc(Br)c1)NC(=O)C(C)C1CNC1.Cl. The number of hydrogen-bond acceptors (Lipinski definition) is 2. The standard InChI is InChI=1S/C15H21BrN2O.ClH/c1-10(6-12-4-3-5-14(16)7-12)18-15(19)11(2)13-8-17-9-13;/h3-5,7,10-11,13,17H,6,8-9H2,1-2H3,(H,18,19);1H. The summed E-state index contributed by atoms with van der Waals surface area (Å²) >= 11 is 3.47. The van der Waals surface area contributed by atoms with Gasteiger partial charge in [-0.25, -0.2) is 0 Å². The maximum Gasteiger partial charge on any atom is 0.223 e. The van der Waals surface area contributed by atoms with E-state index in [2.05, 4.69) is 45.6 Å². The highest BCUT2D eigenvalue weighted by Gasteiger charge is 2.29. The van der Waals surface area contributed by atoms with Gasteiger partial charge in [-0.2, -0.15) is 0 Å². The third kappa shape index (κ3) is 4.76. The number of hydrogen-bond donors (Lipinski definition) is 2. The van der Waals surface area contributed by atoms with Crippen LogP contribution in [0.1, 0.15) is 19.4 Å². The minimum absolute atomic E-state index is 0. The zero-order valence-corrected chi connectivity index (χ0v) is 14.3. The van der Waals surface area contributed by atoms with Crippen molar-refractivity contribution in [3.05, 3.63) is 34.3 Å². The zero-order chi connectivity index (χ0) is 13.8. The number of carbonyl (C=O) groups excluding carboxylic acids is 1. The number of carbonyl (C=O) groups is 1. The lowest BCUT2D eigenvalue weighted by molar-refractivity contribution is -0.127. The molecule has 112 valence electrons. The maximum absolute atomic E-state index is 12.1. The normalized spacial score (nSPS) is 17.6. The third-order valence-electron chi connectivity index (χ3n) is 3.75. The van der Waals surface area contributed by atoms with Crippen LogP contribution in [0.4, 0.5) is 0 Å². The molecule has 2 unspecified atom stereocenters. The van der Waals surface area contributed by atoms with Crippen molar-refractivity contribution in [2.75, 3.05) is 13.1 Å². The van der Waals surface area contributed by atoms with Gasteiger partial charge in [-0.3, -0.25) is 4.79 Å². The smallest absolute Gasteiger partial charge is 0.223 e. The summed E-state index contributed by atoms with van der Waals surface area (Å²) in [5.41, 5.74) is 1.24. The molecule has 0 bridgehead atoms. The van der Waals surface area contributed by atoms with E-state index in [1.165, 1.54) is 5.56 Å². The van der Waals surface area contributed by atoms with E-state index in [-0.39, 0.29) is 30.3 Å². The largest absolute Gasteiger partial charge is 0.353 e. The second-order valence-corrected chi connectivity index (χ2v) is 6.37. The van der Waals surface area contributed by atoms with Crippen LogP contribution in [0.15, 0.2) is 28.7 Å². The van der Waals surface area contributed by atoms with Crippen LogP contribution in [0.3, 0.4) is 0 Å². The minimum Gasteiger partial charge on any atom is -0.353 e. The molecule has 2 rings (SSSR count). The molecule has 2 N–H and O–H groups in total. The second kappa shape index (κ2) is 8.01. The predicted molar refractivity (Wildman–Crippen MR) is 88.2 cm³/mol. The molecule has 1 aromatic rings. The molecule has 2 atom stereocenters. The first-order valence-electron chi connectivity index (χ1n) is 6.82. The molecule has 20 heavy (non-hydrogen) atoms. The van der Waals surface area contributed by atoms with E-state index in [4.69, 9.17) is 0 Å². The lowest BCUT2D eigenvalue weighted by atomic mass is 9.88. The van der Waals surface area contributed by atoms with Gasteiger partial charge in [-0.15, -0.1) is 12.4 Å². The van der Waals surface area contributed by atoms with E-state index in [1.54, 1.807) is 0 Å². The van der Waals surface area contributed by atoms with Crippen LogP contribution in [-0.4, -0.2) is 25.0 Å². The highest BCUT2D eigenvalue weighted by atomic mass is 79.9. The van der Waals surface area contributed by atoms with E-state index in [1.807, 2.05) is 19.1 Å². The Labute approximate surface area is 135 Å². The molecule has 5 heteroatoms. The van der Waals surface area contributed by atoms with Gasteiger partial charge in [0.05, 0.1) is 0 Å². The highest BCUT2D eigenvalue weighted by molar-refractivity contribution is 9.10. The van der Waals surface area contributed by atoms with Crippen LogP contribution < -0.4 is 10.6 Å². The van der Waals surface area contributed by atoms with Crippen molar-refractivity contribution in [3.8, 4) is 0 Å². The molecular formula is C15H22BrClN2O. The fourth-order valence-electron chi connectivity index (χ4n) is 2.32. The van der Waals surface area contributed by atoms with Crippen LogP contribution in [-0.2, 0) is 11.2 Å². The van der Waals surface area contributed by atoms with Gasteiger partial charge in [0.15, 0.2) is 0 Å². The molecule has 1 heterocycles. The summed E-state index contributed by atoms with van der Waals surface area (Å²) in [6, 6.07) is 8.39. The Morgan fingerprint density at radius 1 is 1.45 bits per heavy atom. The van der Waals surface area contributed by atoms with Crippen molar-refractivity contribution in [2.24, 2.45) is 11.8 Å². The first-order chi connectivity index (χ1) is 9.06. The number of benzene rings is 1. The average molecular weight is 362 g/mol. The molecule has 0 spiro atoms. The molecule has 0 radical (unpaired) electrons. The Bertz CT molecular complexity index is 451. The first kappa shape index (κ1) is 17.5. The number of amides is 1. The van der Waals surface area contributed by atoms with Crippen molar-refractivity contribution >= 4 is 34.2 Å². The topological polar surface area (TPSA) is 41.1 Å². The minimum atomic E-state index is 0. The molecule has 0 aliphatic carbocycles. The van der Waals surface area contributed by atoms with Gasteiger partial charge in [-0.05, 0) is 50.0 Å². The van der Waals surface area contributed by atoms with Gasteiger partial charge in [0.1, 0.15) is 0 Å². The Balaban J connectivity index is 0.00000200. The van der Waals surface area contributed by atoms with Crippen molar-refractivity contribution in [1.29, 1.82) is 0 Å². The molecule has 1 aliphatic heterocycles.